The van der Waals surface area contributed by atoms with Crippen LogP contribution in [-0.4, -0.2) is 35.6 Å². The van der Waals surface area contributed by atoms with Gasteiger partial charge in [-0.25, -0.2) is 0 Å². The summed E-state index contributed by atoms with van der Waals surface area (Å²) in [4.78, 5) is 14.9. The van der Waals surface area contributed by atoms with Crippen LogP contribution in [0.1, 0.15) is 43.7 Å². The summed E-state index contributed by atoms with van der Waals surface area (Å²) in [5, 5.41) is 0. The highest BCUT2D eigenvalue weighted by atomic mass is 16.5. The second-order valence-electron chi connectivity index (χ2n) is 6.42. The maximum Gasteiger partial charge on any atom is 0.225 e. The van der Waals surface area contributed by atoms with Gasteiger partial charge in [0.2, 0.25) is 5.91 Å². The lowest BCUT2D eigenvalue weighted by atomic mass is 10.0. The van der Waals surface area contributed by atoms with E-state index in [-0.39, 0.29) is 11.9 Å². The number of amides is 1. The van der Waals surface area contributed by atoms with E-state index in [0.717, 1.165) is 37.2 Å². The smallest absolute Gasteiger partial charge is 0.225 e. The van der Waals surface area contributed by atoms with Gasteiger partial charge in [-0.05, 0) is 42.7 Å². The molecule has 1 amide bonds. The molecule has 24 heavy (non-hydrogen) atoms. The Hall–Kier alpha value is -2.23. The SMILES string of the molecule is COc1cccc([C@H](CC(=O)N2CCCCCC2)n2cccc2)c1. The van der Waals surface area contributed by atoms with Crippen molar-refractivity contribution in [1.29, 1.82) is 0 Å². The van der Waals surface area contributed by atoms with E-state index in [2.05, 4.69) is 10.6 Å². The Morgan fingerprint density at radius 3 is 2.46 bits per heavy atom. The molecule has 0 spiro atoms. The lowest BCUT2D eigenvalue weighted by molar-refractivity contribution is -0.131. The number of hydrogen-bond donors (Lipinski definition) is 0. The van der Waals surface area contributed by atoms with Crippen molar-refractivity contribution in [3.63, 3.8) is 0 Å². The molecule has 0 saturated carbocycles. The molecule has 0 bridgehead atoms. The summed E-state index contributed by atoms with van der Waals surface area (Å²) in [5.74, 6) is 1.07. The van der Waals surface area contributed by atoms with Crippen LogP contribution in [0.25, 0.3) is 0 Å². The molecule has 1 saturated heterocycles. The second kappa shape index (κ2) is 8.04. The Bertz CT molecular complexity index is 643. The van der Waals surface area contributed by atoms with Crippen molar-refractivity contribution in [3.05, 3.63) is 54.4 Å². The van der Waals surface area contributed by atoms with Gasteiger partial charge in [-0.3, -0.25) is 4.79 Å². The molecule has 1 aliphatic rings. The topological polar surface area (TPSA) is 34.5 Å². The standard InChI is InChI=1S/C20H26N2O2/c1-24-18-10-8-9-17(15-18)19(21-11-6-7-12-21)16-20(23)22-13-4-2-3-5-14-22/h6-12,15,19H,2-5,13-14,16H2,1H3/t19-/m0/s1. The van der Waals surface area contributed by atoms with Crippen LogP contribution in [0.4, 0.5) is 0 Å². The van der Waals surface area contributed by atoms with Crippen LogP contribution >= 0.6 is 0 Å². The average molecular weight is 326 g/mol. The summed E-state index contributed by atoms with van der Waals surface area (Å²) in [6.07, 6.45) is 9.26. The first-order valence-electron chi connectivity index (χ1n) is 8.82. The van der Waals surface area contributed by atoms with E-state index in [4.69, 9.17) is 4.74 Å². The van der Waals surface area contributed by atoms with E-state index < -0.39 is 0 Å². The van der Waals surface area contributed by atoms with Gasteiger partial charge in [-0.1, -0.05) is 25.0 Å². The fraction of sp³-hybridized carbons (Fsp3) is 0.450. The van der Waals surface area contributed by atoms with Crippen LogP contribution in [0.5, 0.6) is 5.75 Å². The zero-order valence-corrected chi connectivity index (χ0v) is 14.4. The predicted molar refractivity (Wildman–Crippen MR) is 95.2 cm³/mol. The van der Waals surface area contributed by atoms with Gasteiger partial charge in [-0.15, -0.1) is 0 Å². The van der Waals surface area contributed by atoms with Gasteiger partial charge in [0.15, 0.2) is 0 Å². The number of hydrogen-bond acceptors (Lipinski definition) is 2. The number of methoxy groups -OCH3 is 1. The van der Waals surface area contributed by atoms with Gasteiger partial charge < -0.3 is 14.2 Å². The normalized spacial score (nSPS) is 16.5. The third-order valence-corrected chi connectivity index (χ3v) is 4.79. The number of benzene rings is 1. The molecule has 2 aromatic rings. The fourth-order valence-corrected chi connectivity index (χ4v) is 3.41. The highest BCUT2D eigenvalue weighted by Crippen LogP contribution is 2.27. The van der Waals surface area contributed by atoms with Crippen LogP contribution in [0.3, 0.4) is 0 Å². The summed E-state index contributed by atoms with van der Waals surface area (Å²) in [7, 11) is 1.67. The molecule has 0 radical (unpaired) electrons. The van der Waals surface area contributed by atoms with Gasteiger partial charge in [0.1, 0.15) is 5.75 Å². The van der Waals surface area contributed by atoms with E-state index in [9.17, 15) is 4.79 Å². The maximum atomic E-state index is 12.9. The number of ether oxygens (including phenoxy) is 1. The Morgan fingerprint density at radius 1 is 1.08 bits per heavy atom. The Morgan fingerprint density at radius 2 is 1.79 bits per heavy atom. The molecule has 3 rings (SSSR count). The molecule has 0 unspecified atom stereocenters. The van der Waals surface area contributed by atoms with Crippen LogP contribution < -0.4 is 4.74 Å². The quantitative estimate of drug-likeness (QED) is 0.836. The van der Waals surface area contributed by atoms with Gasteiger partial charge >= 0.3 is 0 Å². The number of nitrogens with zero attached hydrogens (tertiary/aromatic N) is 2. The largest absolute Gasteiger partial charge is 0.497 e. The van der Waals surface area contributed by atoms with Gasteiger partial charge in [0.05, 0.1) is 19.6 Å². The van der Waals surface area contributed by atoms with E-state index in [1.54, 1.807) is 7.11 Å². The van der Waals surface area contributed by atoms with Crippen molar-refractivity contribution in [2.24, 2.45) is 0 Å². The summed E-state index contributed by atoms with van der Waals surface area (Å²) >= 11 is 0. The predicted octanol–water partition coefficient (Wildman–Crippen LogP) is 3.88. The molecule has 0 N–H and O–H groups in total. The lowest BCUT2D eigenvalue weighted by Crippen LogP contribution is -2.33. The van der Waals surface area contributed by atoms with Crippen molar-refractivity contribution >= 4 is 5.91 Å². The van der Waals surface area contributed by atoms with Crippen molar-refractivity contribution < 1.29 is 9.53 Å². The first-order chi connectivity index (χ1) is 11.8. The minimum atomic E-state index is 0.00542. The number of likely N-dealkylation sites (tertiary alicyclic amines) is 1. The number of rotatable bonds is 5. The molecule has 4 heteroatoms. The fourth-order valence-electron chi connectivity index (χ4n) is 3.41. The molecule has 0 aliphatic carbocycles. The molecular weight excluding hydrogens is 300 g/mol. The lowest BCUT2D eigenvalue weighted by Gasteiger charge is -2.25. The number of carbonyl (C=O) groups is 1. The second-order valence-corrected chi connectivity index (χ2v) is 6.42. The molecule has 1 aromatic heterocycles. The third kappa shape index (κ3) is 3.99. The van der Waals surface area contributed by atoms with Crippen molar-refractivity contribution in [2.75, 3.05) is 20.2 Å². The first-order valence-corrected chi connectivity index (χ1v) is 8.82. The van der Waals surface area contributed by atoms with Crippen LogP contribution in [0.2, 0.25) is 0 Å². The zero-order valence-electron chi connectivity index (χ0n) is 14.4. The van der Waals surface area contributed by atoms with E-state index in [0.29, 0.717) is 6.42 Å². The molecular formula is C20H26N2O2. The van der Waals surface area contributed by atoms with Gasteiger partial charge in [-0.2, -0.15) is 0 Å². The summed E-state index contributed by atoms with van der Waals surface area (Å²) in [5.41, 5.74) is 1.11. The van der Waals surface area contributed by atoms with Crippen molar-refractivity contribution in [1.82, 2.24) is 9.47 Å². The van der Waals surface area contributed by atoms with Gasteiger partial charge in [0.25, 0.3) is 0 Å². The molecule has 2 heterocycles. The van der Waals surface area contributed by atoms with E-state index in [1.165, 1.54) is 12.8 Å². The summed E-state index contributed by atoms with van der Waals surface area (Å²) in [6.45, 7) is 1.80. The highest BCUT2D eigenvalue weighted by molar-refractivity contribution is 5.77. The van der Waals surface area contributed by atoms with E-state index in [1.807, 2.05) is 47.6 Å². The highest BCUT2D eigenvalue weighted by Gasteiger charge is 2.22. The van der Waals surface area contributed by atoms with Crippen LogP contribution in [0, 0.1) is 0 Å². The molecule has 1 aliphatic heterocycles. The minimum absolute atomic E-state index is 0.00542. The van der Waals surface area contributed by atoms with Crippen molar-refractivity contribution in [2.45, 2.75) is 38.1 Å². The molecule has 128 valence electrons. The Labute approximate surface area is 144 Å². The van der Waals surface area contributed by atoms with Crippen LogP contribution in [-0.2, 0) is 4.79 Å². The maximum absolute atomic E-state index is 12.9. The zero-order chi connectivity index (χ0) is 16.8. The molecule has 1 aromatic carbocycles. The third-order valence-electron chi connectivity index (χ3n) is 4.79. The Kier molecular flexibility index (Phi) is 5.57. The number of aromatic nitrogens is 1. The Balaban J connectivity index is 1.81. The number of carbonyl (C=O) groups excluding carboxylic acids is 1. The molecule has 1 fully saturated rings. The molecule has 4 nitrogen and oxygen atoms in total. The van der Waals surface area contributed by atoms with Crippen LogP contribution in [0.15, 0.2) is 48.8 Å². The van der Waals surface area contributed by atoms with E-state index >= 15 is 0 Å². The summed E-state index contributed by atoms with van der Waals surface area (Å²) < 4.78 is 7.47. The monoisotopic (exact) mass is 326 g/mol. The minimum Gasteiger partial charge on any atom is -0.497 e. The summed E-state index contributed by atoms with van der Waals surface area (Å²) in [6, 6.07) is 12.0. The van der Waals surface area contributed by atoms with Crippen molar-refractivity contribution in [3.8, 4) is 5.75 Å². The first kappa shape index (κ1) is 16.6. The van der Waals surface area contributed by atoms with Gasteiger partial charge in [0, 0.05) is 25.5 Å². The molecule has 1 atom stereocenters. The average Bonchev–Trinajstić information content (AvgIpc) is 3.01.